The molecule has 2 aromatic rings. The third kappa shape index (κ3) is 7.59. The van der Waals surface area contributed by atoms with Crippen molar-refractivity contribution in [2.45, 2.75) is 181 Å². The lowest BCUT2D eigenvalue weighted by Gasteiger charge is -2.57. The van der Waals surface area contributed by atoms with Crippen LogP contribution in [-0.2, 0) is 22.7 Å². The summed E-state index contributed by atoms with van der Waals surface area (Å²) >= 11 is 0. The number of aliphatic hydroxyl groups is 2. The Morgan fingerprint density at radius 2 is 1.07 bits per heavy atom. The molecular formula is C50H78N6O4. The number of fused-ring (bicyclic) bond motifs is 10. The summed E-state index contributed by atoms with van der Waals surface area (Å²) in [6.07, 6.45) is 27.8. The molecule has 0 amide bonds. The van der Waals surface area contributed by atoms with Gasteiger partial charge in [0.1, 0.15) is 13.1 Å². The van der Waals surface area contributed by atoms with Crippen molar-refractivity contribution in [3.05, 3.63) is 24.8 Å². The zero-order valence-electron chi connectivity index (χ0n) is 37.9. The minimum atomic E-state index is -0.450. The number of carbonyl (C=O) groups is 2. The van der Waals surface area contributed by atoms with Gasteiger partial charge in [0.2, 0.25) is 0 Å². The molecule has 8 aliphatic carbocycles. The summed E-state index contributed by atoms with van der Waals surface area (Å²) in [6.45, 7) is 14.3. The first-order valence-electron chi connectivity index (χ1n) is 24.8. The van der Waals surface area contributed by atoms with E-state index in [-0.39, 0.29) is 22.7 Å². The van der Waals surface area contributed by atoms with Crippen molar-refractivity contribution in [2.24, 2.45) is 93.7 Å². The van der Waals surface area contributed by atoms with Crippen LogP contribution in [0, 0.1) is 93.7 Å². The highest BCUT2D eigenvalue weighted by Crippen LogP contribution is 2.68. The molecule has 8 saturated carbocycles. The topological polar surface area (TPSA) is 136 Å². The number of aromatic nitrogens is 6. The molecule has 0 saturated heterocycles. The van der Waals surface area contributed by atoms with Crippen molar-refractivity contribution < 1.29 is 19.8 Å². The Hall–Kier alpha value is -2.46. The number of ketones is 2. The molecule has 0 bridgehead atoms. The molecule has 2 aromatic heterocycles. The molecule has 2 heterocycles. The molecule has 18 atom stereocenters. The van der Waals surface area contributed by atoms with Crippen LogP contribution in [-0.4, -0.2) is 63.0 Å². The van der Waals surface area contributed by atoms with Crippen LogP contribution in [0.15, 0.2) is 24.8 Å². The number of nitrogens with zero attached hydrogens (tertiary/aromatic N) is 6. The average molecular weight is 827 g/mol. The highest BCUT2D eigenvalue weighted by atomic mass is 16.3. The summed E-state index contributed by atoms with van der Waals surface area (Å²) in [7, 11) is 0. The Bertz CT molecular complexity index is 1680. The van der Waals surface area contributed by atoms with Crippen LogP contribution in [0.3, 0.4) is 0 Å². The molecule has 10 rings (SSSR count). The van der Waals surface area contributed by atoms with Crippen LogP contribution in [0.5, 0.6) is 0 Å². The standard InChI is InChI=1S/2C25H39N3O2/c1-4-16-13-21(22(29)15-28-12-11-26-27-28)25(3)10-8-19-18-7-9-24(2,30)14-17(18)5-6-20(19)23(16)25;1-4-16-13-21(22(29)15-28-26-11-12-27-28)25(3)10-8-19-18-7-9-24(2,30)14-17(18)5-6-20(19)23(16)25/h2*11-12,16-21,23,30H,4-10,13-15H2,1-3H3/t2*16-,17-,18+,19-,20-,21-,23+,24-,25-/m11/s1. The fourth-order valence-corrected chi connectivity index (χ4v) is 17.7. The van der Waals surface area contributed by atoms with E-state index in [2.05, 4.69) is 48.2 Å². The summed E-state index contributed by atoms with van der Waals surface area (Å²) in [5.41, 5.74) is -0.616. The molecule has 0 aliphatic heterocycles. The first-order chi connectivity index (χ1) is 28.6. The summed E-state index contributed by atoms with van der Waals surface area (Å²) in [4.78, 5) is 28.3. The van der Waals surface area contributed by atoms with Gasteiger partial charge in [-0.25, -0.2) is 4.68 Å². The van der Waals surface area contributed by atoms with E-state index in [1.165, 1.54) is 77.0 Å². The van der Waals surface area contributed by atoms with E-state index in [0.29, 0.717) is 60.2 Å². The zero-order valence-corrected chi connectivity index (χ0v) is 37.9. The Morgan fingerprint density at radius 1 is 0.600 bits per heavy atom. The van der Waals surface area contributed by atoms with Crippen molar-refractivity contribution in [3.63, 3.8) is 0 Å². The fraction of sp³-hybridized carbons (Fsp3) is 0.880. The van der Waals surface area contributed by atoms with Crippen LogP contribution in [0.25, 0.3) is 0 Å². The number of hydrogen-bond acceptors (Lipinski definition) is 8. The van der Waals surface area contributed by atoms with Crippen LogP contribution < -0.4 is 0 Å². The van der Waals surface area contributed by atoms with Gasteiger partial charge < -0.3 is 10.2 Å². The van der Waals surface area contributed by atoms with Crippen LogP contribution in [0.4, 0.5) is 0 Å². The number of hydrogen-bond donors (Lipinski definition) is 2. The molecule has 8 fully saturated rings. The maximum atomic E-state index is 13.4. The molecule has 10 heteroatoms. The van der Waals surface area contributed by atoms with E-state index in [4.69, 9.17) is 0 Å². The van der Waals surface area contributed by atoms with Crippen molar-refractivity contribution in [1.82, 2.24) is 30.0 Å². The molecule has 60 heavy (non-hydrogen) atoms. The van der Waals surface area contributed by atoms with Gasteiger partial charge in [-0.1, -0.05) is 45.7 Å². The maximum absolute atomic E-state index is 13.4. The van der Waals surface area contributed by atoms with Gasteiger partial charge in [-0.3, -0.25) is 9.59 Å². The van der Waals surface area contributed by atoms with E-state index in [1.807, 2.05) is 13.8 Å². The summed E-state index contributed by atoms with van der Waals surface area (Å²) in [5.74, 6) is 9.97. The monoisotopic (exact) mass is 827 g/mol. The van der Waals surface area contributed by atoms with E-state index >= 15 is 0 Å². The van der Waals surface area contributed by atoms with E-state index in [1.54, 1.807) is 34.3 Å². The van der Waals surface area contributed by atoms with Crippen molar-refractivity contribution in [3.8, 4) is 0 Å². The second-order valence-electron chi connectivity index (χ2n) is 23.3. The second-order valence-corrected chi connectivity index (χ2v) is 23.3. The molecule has 10 nitrogen and oxygen atoms in total. The zero-order chi connectivity index (χ0) is 42.2. The Kier molecular flexibility index (Phi) is 11.6. The van der Waals surface area contributed by atoms with E-state index < -0.39 is 11.2 Å². The number of carbonyl (C=O) groups excluding carboxylic acids is 2. The van der Waals surface area contributed by atoms with E-state index in [0.717, 1.165) is 74.0 Å². The molecule has 0 aromatic carbocycles. The Morgan fingerprint density at radius 3 is 1.52 bits per heavy atom. The van der Waals surface area contributed by atoms with Crippen LogP contribution in [0.1, 0.15) is 157 Å². The van der Waals surface area contributed by atoms with Gasteiger partial charge in [0.25, 0.3) is 0 Å². The molecule has 0 radical (unpaired) electrons. The van der Waals surface area contributed by atoms with Gasteiger partial charge in [-0.15, -0.1) is 5.10 Å². The number of rotatable bonds is 8. The first-order valence-corrected chi connectivity index (χ1v) is 24.8. The van der Waals surface area contributed by atoms with Gasteiger partial charge in [-0.05, 0) is 198 Å². The van der Waals surface area contributed by atoms with Crippen molar-refractivity contribution in [2.75, 3.05) is 0 Å². The normalized spacial score (nSPS) is 47.9. The SMILES string of the molecule is CC[C@@H]1C[C@H](C(=O)Cn2ccnn2)[C@@]2(C)CC[C@H]3[C@@H](CC[C@@H]4C[C@](C)(O)CC[C@@H]43)[C@H]12.CC[C@@H]1C[C@H](C(=O)Cn2nccn2)[C@@]2(C)CC[C@H]3[C@@H](CC[C@@H]4C[C@](C)(O)CC[C@@H]43)[C@H]12. The van der Waals surface area contributed by atoms with Gasteiger partial charge in [-0.2, -0.15) is 15.0 Å². The highest BCUT2D eigenvalue weighted by Gasteiger charge is 2.63. The molecule has 0 unspecified atom stereocenters. The van der Waals surface area contributed by atoms with Gasteiger partial charge in [0.15, 0.2) is 11.6 Å². The highest BCUT2D eigenvalue weighted by molar-refractivity contribution is 5.82. The second kappa shape index (κ2) is 16.3. The fourth-order valence-electron chi connectivity index (χ4n) is 17.7. The van der Waals surface area contributed by atoms with E-state index in [9.17, 15) is 19.8 Å². The summed E-state index contributed by atoms with van der Waals surface area (Å²) in [6, 6.07) is 0. The lowest BCUT2D eigenvalue weighted by Crippen LogP contribution is -2.52. The van der Waals surface area contributed by atoms with Crippen molar-refractivity contribution in [1.29, 1.82) is 0 Å². The molecule has 0 spiro atoms. The molecule has 332 valence electrons. The Labute approximate surface area is 360 Å². The van der Waals surface area contributed by atoms with Gasteiger partial charge in [0, 0.05) is 18.0 Å². The minimum Gasteiger partial charge on any atom is -0.390 e. The van der Waals surface area contributed by atoms with Crippen LogP contribution >= 0.6 is 0 Å². The summed E-state index contributed by atoms with van der Waals surface area (Å²) < 4.78 is 1.70. The predicted molar refractivity (Wildman–Crippen MR) is 231 cm³/mol. The smallest absolute Gasteiger partial charge is 0.159 e. The quantitative estimate of drug-likeness (QED) is 0.269. The van der Waals surface area contributed by atoms with Gasteiger partial charge in [0.05, 0.1) is 29.8 Å². The largest absolute Gasteiger partial charge is 0.390 e. The molecular weight excluding hydrogens is 749 g/mol. The summed E-state index contributed by atoms with van der Waals surface area (Å²) in [5, 5.41) is 37.5. The first kappa shape index (κ1) is 42.8. The third-order valence-electron chi connectivity index (χ3n) is 20.1. The lowest BCUT2D eigenvalue weighted by molar-refractivity contribution is -0.134. The average Bonchev–Trinajstić information content (AvgIpc) is 4.03. The molecule has 2 N–H and O–H groups in total. The van der Waals surface area contributed by atoms with Crippen LogP contribution in [0.2, 0.25) is 0 Å². The lowest BCUT2D eigenvalue weighted by atomic mass is 9.48. The number of Topliss-reactive ketones (excluding diaryl/α,β-unsaturated/α-hetero) is 2. The Balaban J connectivity index is 0.000000154. The molecule has 8 aliphatic rings. The predicted octanol–water partition coefficient (Wildman–Crippen LogP) is 9.01. The maximum Gasteiger partial charge on any atom is 0.159 e. The third-order valence-corrected chi connectivity index (χ3v) is 20.1. The van der Waals surface area contributed by atoms with Gasteiger partial charge >= 0.3 is 0 Å². The van der Waals surface area contributed by atoms with Crippen molar-refractivity contribution >= 4 is 11.6 Å². The minimum absolute atomic E-state index is 0.138.